The van der Waals surface area contributed by atoms with Gasteiger partial charge in [-0.15, -0.1) is 0 Å². The summed E-state index contributed by atoms with van der Waals surface area (Å²) in [6.45, 7) is 2.13. The van der Waals surface area contributed by atoms with Gasteiger partial charge in [-0.1, -0.05) is 0 Å². The van der Waals surface area contributed by atoms with Crippen LogP contribution >= 0.6 is 22.6 Å². The predicted molar refractivity (Wildman–Crippen MR) is 37.2 cm³/mol. The van der Waals surface area contributed by atoms with E-state index in [1.165, 1.54) is 0 Å². The summed E-state index contributed by atoms with van der Waals surface area (Å²) >= 11 is 2.56. The molecule has 0 aromatic heterocycles. The second-order valence-corrected chi connectivity index (χ2v) is 8.30. The minimum atomic E-state index is 0.163. The first-order valence-electron chi connectivity index (χ1n) is 2.11. The van der Waals surface area contributed by atoms with E-state index in [1.807, 2.05) is 0 Å². The molecular weight excluding hydrogens is 316 g/mol. The number of hydrogen-bond donors (Lipinski definition) is 1. The van der Waals surface area contributed by atoms with Crippen LogP contribution in [0.15, 0.2) is 0 Å². The van der Waals surface area contributed by atoms with Crippen molar-refractivity contribution in [3.05, 3.63) is 0 Å². The molecule has 3 heteroatoms. The Morgan fingerprint density at radius 2 is 2.29 bits per heavy atom. The Bertz CT molecular complexity index is 47.7. The summed E-state index contributed by atoms with van der Waals surface area (Å²) in [6.07, 6.45) is 1.11. The number of hydrogen-bond acceptors (Lipinski definition) is 1. The van der Waals surface area contributed by atoms with E-state index in [0.29, 0.717) is 0 Å². The molecule has 0 aliphatic heterocycles. The van der Waals surface area contributed by atoms with Gasteiger partial charge in [0.2, 0.25) is 0 Å². The van der Waals surface area contributed by atoms with Crippen molar-refractivity contribution in [2.24, 2.45) is 5.73 Å². The molecule has 0 saturated carbocycles. The van der Waals surface area contributed by atoms with E-state index in [2.05, 4.69) is 34.4 Å². The van der Waals surface area contributed by atoms with Crippen molar-refractivity contribution in [1.29, 1.82) is 0 Å². The third-order valence-corrected chi connectivity index (χ3v) is 6.84. The molecule has 0 radical (unpaired) electrons. The Morgan fingerprint density at radius 3 is 2.29 bits per heavy atom. The molecule has 0 aromatic carbocycles. The average Bonchev–Trinajstić information content (AvgIpc) is 1.68. The van der Waals surface area contributed by atoms with Gasteiger partial charge in [-0.05, 0) is 0 Å². The van der Waals surface area contributed by atoms with Crippen molar-refractivity contribution in [2.75, 3.05) is 4.93 Å². The van der Waals surface area contributed by atoms with Crippen LogP contribution in [-0.4, -0.2) is 6.48 Å². The van der Waals surface area contributed by atoms with Gasteiger partial charge in [0.1, 0.15) is 0 Å². The fourth-order valence-corrected chi connectivity index (χ4v) is 0.896. The number of nitrogens with two attached hydrogens (primary N) is 1. The third kappa shape index (κ3) is 3.96. The zero-order chi connectivity index (χ0) is 5.91. The first kappa shape index (κ1) is 8.42. The van der Waals surface area contributed by atoms with Crippen LogP contribution in [0, 0.1) is 0 Å². The van der Waals surface area contributed by atoms with Gasteiger partial charge in [-0.25, -0.2) is 0 Å². The molecule has 0 rings (SSSR count). The van der Waals surface area contributed by atoms with Gasteiger partial charge < -0.3 is 0 Å². The van der Waals surface area contributed by atoms with Crippen molar-refractivity contribution in [3.63, 3.8) is 0 Å². The number of rotatable bonds is 2. The van der Waals surface area contributed by atoms with Crippen molar-refractivity contribution in [1.82, 2.24) is 0 Å². The molecule has 1 atom stereocenters. The van der Waals surface area contributed by atoms with Crippen molar-refractivity contribution < 1.29 is 21.2 Å². The van der Waals surface area contributed by atoms with Gasteiger partial charge in [-0.3, -0.25) is 0 Å². The molecule has 0 aliphatic carbocycles. The van der Waals surface area contributed by atoms with Crippen molar-refractivity contribution >= 4 is 22.6 Å². The van der Waals surface area contributed by atoms with Crippen LogP contribution in [0.2, 0.25) is 0 Å². The van der Waals surface area contributed by atoms with Crippen LogP contribution in [0.5, 0.6) is 0 Å². The second-order valence-electron chi connectivity index (χ2n) is 1.30. The molecule has 2 N–H and O–H groups in total. The van der Waals surface area contributed by atoms with Crippen LogP contribution in [0.25, 0.3) is 0 Å². The molecule has 1 unspecified atom stereocenters. The Kier molecular flexibility index (Phi) is 4.15. The zero-order valence-electron chi connectivity index (χ0n) is 4.54. The van der Waals surface area contributed by atoms with Crippen molar-refractivity contribution in [3.8, 4) is 0 Å². The van der Waals surface area contributed by atoms with Gasteiger partial charge in [0.15, 0.2) is 0 Å². The molecule has 46 valence electrons. The summed E-state index contributed by atoms with van der Waals surface area (Å²) in [5.41, 5.74) is 5.75. The fraction of sp³-hybridized carbons (Fsp3) is 1.00. The molecule has 0 spiro atoms. The maximum absolute atomic E-state index is 5.75. The van der Waals surface area contributed by atoms with Crippen LogP contribution in [0.3, 0.4) is 0 Å². The van der Waals surface area contributed by atoms with Gasteiger partial charge in [0, 0.05) is 0 Å². The van der Waals surface area contributed by atoms with Gasteiger partial charge >= 0.3 is 69.4 Å². The first-order chi connectivity index (χ1) is 3.12. The van der Waals surface area contributed by atoms with Gasteiger partial charge in [0.25, 0.3) is 0 Å². The normalized spacial score (nSPS) is 19.4. The molecular formula is C4H10I2N-. The zero-order valence-corrected chi connectivity index (χ0v) is 8.86. The Balaban J connectivity index is 3.36. The minimum absolute atomic E-state index is 0.163. The summed E-state index contributed by atoms with van der Waals surface area (Å²) < 4.78 is 0.163. The summed E-state index contributed by atoms with van der Waals surface area (Å²) in [4.78, 5) is 2.22. The average molecular weight is 326 g/mol. The Labute approximate surface area is 68.8 Å². The van der Waals surface area contributed by atoms with Crippen LogP contribution in [-0.2, 0) is 0 Å². The molecule has 0 aromatic rings. The van der Waals surface area contributed by atoms with E-state index >= 15 is 0 Å². The first-order valence-corrected chi connectivity index (χ1v) is 6.42. The summed E-state index contributed by atoms with van der Waals surface area (Å²) in [7, 11) is 0. The Morgan fingerprint density at radius 1 is 1.86 bits per heavy atom. The van der Waals surface area contributed by atoms with Crippen LogP contribution < -0.4 is 26.9 Å². The van der Waals surface area contributed by atoms with E-state index in [9.17, 15) is 0 Å². The van der Waals surface area contributed by atoms with E-state index in [0.717, 1.165) is 6.42 Å². The Hall–Kier alpha value is 1.42. The molecule has 0 heterocycles. The monoisotopic (exact) mass is 326 g/mol. The molecule has 0 bridgehead atoms. The number of halogens is 2. The van der Waals surface area contributed by atoms with E-state index in [-0.39, 0.29) is 22.8 Å². The standard InChI is InChI=1S/C4H10I2N/c1-3-4(5,7)6-2/h3,7H2,1-2H3/q-1. The molecule has 0 aliphatic rings. The summed E-state index contributed by atoms with van der Waals surface area (Å²) in [6, 6.07) is 0. The SMILES string of the molecule is CCC(N)(I)[I-]C. The predicted octanol–water partition coefficient (Wildman–Crippen LogP) is -1.84. The molecule has 0 fully saturated rings. The number of alkyl halides is 3. The van der Waals surface area contributed by atoms with Gasteiger partial charge in [0.05, 0.1) is 0 Å². The molecule has 7 heavy (non-hydrogen) atoms. The molecule has 0 amide bonds. The topological polar surface area (TPSA) is 26.0 Å². The fourth-order valence-electron chi connectivity index (χ4n) is 0.134. The van der Waals surface area contributed by atoms with E-state index < -0.39 is 0 Å². The summed E-state index contributed by atoms with van der Waals surface area (Å²) in [5, 5.41) is 0. The van der Waals surface area contributed by atoms with Crippen LogP contribution in [0.1, 0.15) is 13.3 Å². The van der Waals surface area contributed by atoms with E-state index in [4.69, 9.17) is 5.73 Å². The van der Waals surface area contributed by atoms with Crippen LogP contribution in [0.4, 0.5) is 0 Å². The quantitative estimate of drug-likeness (QED) is 0.360. The van der Waals surface area contributed by atoms with Crippen molar-refractivity contribution in [2.45, 2.75) is 14.9 Å². The maximum atomic E-state index is 5.75. The third-order valence-electron chi connectivity index (χ3n) is 0.786. The van der Waals surface area contributed by atoms with E-state index in [1.54, 1.807) is 0 Å². The summed E-state index contributed by atoms with van der Waals surface area (Å²) in [5.74, 6) is 0. The molecule has 0 saturated heterocycles. The van der Waals surface area contributed by atoms with Gasteiger partial charge in [-0.2, -0.15) is 0 Å². The molecule has 1 nitrogen and oxygen atoms in total. The second kappa shape index (κ2) is 3.45.